The third-order valence-electron chi connectivity index (χ3n) is 4.63. The van der Waals surface area contributed by atoms with Gasteiger partial charge in [0.05, 0.1) is 15.5 Å². The molecule has 31 heavy (non-hydrogen) atoms. The lowest BCUT2D eigenvalue weighted by Gasteiger charge is -2.24. The van der Waals surface area contributed by atoms with Crippen molar-refractivity contribution in [2.45, 2.75) is 18.7 Å². The summed E-state index contributed by atoms with van der Waals surface area (Å²) in [7, 11) is -4.09. The number of nitrogens with one attached hydrogen (secondary N) is 1. The summed E-state index contributed by atoms with van der Waals surface area (Å²) in [6, 6.07) is 18.3. The highest BCUT2D eigenvalue weighted by Gasteiger charge is 2.27. The fourth-order valence-electron chi connectivity index (χ4n) is 2.97. The molecule has 1 N–H and O–H groups in total. The number of hydrogen-bond acceptors (Lipinski definition) is 5. The monoisotopic (exact) mass is 439 g/mol. The molecule has 0 unspecified atom stereocenters. The highest BCUT2D eigenvalue weighted by atomic mass is 32.2. The van der Waals surface area contributed by atoms with Crippen LogP contribution in [0, 0.1) is 24.0 Å². The third kappa shape index (κ3) is 5.07. The van der Waals surface area contributed by atoms with Gasteiger partial charge in [0.2, 0.25) is 5.91 Å². The maximum Gasteiger partial charge on any atom is 0.269 e. The number of nitro benzene ring substituents is 1. The van der Waals surface area contributed by atoms with Gasteiger partial charge in [-0.1, -0.05) is 30.3 Å². The number of nitro groups is 1. The zero-order chi connectivity index (χ0) is 22.6. The number of carbonyl (C=O) groups excluding carboxylic acids is 1. The van der Waals surface area contributed by atoms with E-state index in [1.54, 1.807) is 24.3 Å². The minimum absolute atomic E-state index is 0.00730. The summed E-state index contributed by atoms with van der Waals surface area (Å²) < 4.78 is 27.5. The largest absolute Gasteiger partial charge is 0.324 e. The quantitative estimate of drug-likeness (QED) is 0.441. The van der Waals surface area contributed by atoms with Gasteiger partial charge < -0.3 is 5.32 Å². The highest BCUT2D eigenvalue weighted by Crippen LogP contribution is 2.26. The molecule has 1 amide bonds. The van der Waals surface area contributed by atoms with Crippen LogP contribution in [0.1, 0.15) is 11.1 Å². The van der Waals surface area contributed by atoms with Crippen LogP contribution in [0.4, 0.5) is 17.1 Å². The molecular formula is C22H21N3O5S. The van der Waals surface area contributed by atoms with Crippen LogP contribution in [0.5, 0.6) is 0 Å². The van der Waals surface area contributed by atoms with Gasteiger partial charge in [0, 0.05) is 17.8 Å². The van der Waals surface area contributed by atoms with Crippen LogP contribution in [0.15, 0.2) is 77.7 Å². The number of nitrogens with zero attached hydrogens (tertiary/aromatic N) is 2. The molecule has 9 heteroatoms. The Hall–Kier alpha value is -3.72. The maximum absolute atomic E-state index is 13.3. The van der Waals surface area contributed by atoms with Crippen molar-refractivity contribution in [3.05, 3.63) is 94.0 Å². The summed E-state index contributed by atoms with van der Waals surface area (Å²) in [5.41, 5.74) is 2.34. The molecule has 0 atom stereocenters. The molecule has 0 saturated carbocycles. The van der Waals surface area contributed by atoms with Gasteiger partial charge in [-0.05, 0) is 55.3 Å². The van der Waals surface area contributed by atoms with Crippen molar-refractivity contribution in [1.82, 2.24) is 0 Å². The van der Waals surface area contributed by atoms with Gasteiger partial charge >= 0.3 is 0 Å². The summed E-state index contributed by atoms with van der Waals surface area (Å²) in [6.45, 7) is 3.23. The molecule has 0 bridgehead atoms. The Bertz CT molecular complexity index is 1210. The Morgan fingerprint density at radius 2 is 1.65 bits per heavy atom. The van der Waals surface area contributed by atoms with Gasteiger partial charge in [0.1, 0.15) is 6.54 Å². The van der Waals surface area contributed by atoms with Crippen molar-refractivity contribution < 1.29 is 18.1 Å². The molecule has 0 saturated heterocycles. The van der Waals surface area contributed by atoms with Crippen molar-refractivity contribution in [2.24, 2.45) is 0 Å². The second kappa shape index (κ2) is 8.97. The lowest BCUT2D eigenvalue weighted by molar-refractivity contribution is -0.384. The normalized spacial score (nSPS) is 11.0. The summed E-state index contributed by atoms with van der Waals surface area (Å²) >= 11 is 0. The number of amides is 1. The lowest BCUT2D eigenvalue weighted by Crippen LogP contribution is -2.38. The molecular weight excluding hydrogens is 418 g/mol. The first-order valence-corrected chi connectivity index (χ1v) is 10.8. The van der Waals surface area contributed by atoms with Crippen LogP contribution < -0.4 is 9.62 Å². The smallest absolute Gasteiger partial charge is 0.269 e. The van der Waals surface area contributed by atoms with E-state index < -0.39 is 27.4 Å². The second-order valence-corrected chi connectivity index (χ2v) is 8.83. The van der Waals surface area contributed by atoms with Crippen LogP contribution in [-0.4, -0.2) is 25.8 Å². The average molecular weight is 439 g/mol. The number of aryl methyl sites for hydroxylation is 2. The Morgan fingerprint density at radius 1 is 1.00 bits per heavy atom. The number of carbonyl (C=O) groups is 1. The van der Waals surface area contributed by atoms with Gasteiger partial charge in [-0.15, -0.1) is 0 Å². The van der Waals surface area contributed by atoms with E-state index >= 15 is 0 Å². The number of non-ortho nitro benzene ring substituents is 1. The molecule has 0 aliphatic carbocycles. The van der Waals surface area contributed by atoms with E-state index in [9.17, 15) is 23.3 Å². The second-order valence-electron chi connectivity index (χ2n) is 6.96. The minimum atomic E-state index is -4.09. The molecule has 0 spiro atoms. The summed E-state index contributed by atoms with van der Waals surface area (Å²) in [5, 5.41) is 13.7. The van der Waals surface area contributed by atoms with Crippen LogP contribution in [-0.2, 0) is 14.8 Å². The third-order valence-corrected chi connectivity index (χ3v) is 6.42. The van der Waals surface area contributed by atoms with Gasteiger partial charge in [0.15, 0.2) is 0 Å². The fourth-order valence-corrected chi connectivity index (χ4v) is 4.41. The first-order chi connectivity index (χ1) is 14.7. The maximum atomic E-state index is 13.3. The van der Waals surface area contributed by atoms with Gasteiger partial charge in [-0.3, -0.25) is 19.2 Å². The SMILES string of the molecule is Cc1ccc(C)c(NC(=O)CN(c2ccc([N+](=O)[O-])cc2)S(=O)(=O)c2ccccc2)c1. The van der Waals surface area contributed by atoms with Crippen molar-refractivity contribution in [3.63, 3.8) is 0 Å². The Kier molecular flexibility index (Phi) is 6.36. The van der Waals surface area contributed by atoms with E-state index in [2.05, 4.69) is 5.32 Å². The number of hydrogen-bond donors (Lipinski definition) is 1. The highest BCUT2D eigenvalue weighted by molar-refractivity contribution is 7.92. The number of rotatable bonds is 7. The van der Waals surface area contributed by atoms with Crippen LogP contribution in [0.3, 0.4) is 0 Å². The Balaban J connectivity index is 1.96. The molecule has 0 radical (unpaired) electrons. The topological polar surface area (TPSA) is 110 Å². The standard InChI is InChI=1S/C22H21N3O5S/c1-16-8-9-17(2)21(14-16)23-22(26)15-24(18-10-12-19(13-11-18)25(27)28)31(29,30)20-6-4-3-5-7-20/h3-14H,15H2,1-2H3,(H,23,26). The van der Waals surface area contributed by atoms with Gasteiger partial charge in [-0.2, -0.15) is 0 Å². The van der Waals surface area contributed by atoms with Crippen LogP contribution in [0.2, 0.25) is 0 Å². The van der Waals surface area contributed by atoms with E-state index in [0.717, 1.165) is 15.4 Å². The average Bonchev–Trinajstić information content (AvgIpc) is 2.75. The fraction of sp³-hybridized carbons (Fsp3) is 0.136. The van der Waals surface area contributed by atoms with Crippen LogP contribution in [0.25, 0.3) is 0 Å². The van der Waals surface area contributed by atoms with Crippen molar-refractivity contribution in [3.8, 4) is 0 Å². The Labute approximate surface area is 180 Å². The molecule has 0 aliphatic rings. The van der Waals surface area contributed by atoms with E-state index in [1.807, 2.05) is 26.0 Å². The van der Waals surface area contributed by atoms with E-state index in [-0.39, 0.29) is 16.3 Å². The number of benzene rings is 3. The van der Waals surface area contributed by atoms with Crippen molar-refractivity contribution in [2.75, 3.05) is 16.2 Å². The minimum Gasteiger partial charge on any atom is -0.324 e. The first kappa shape index (κ1) is 22.0. The summed E-state index contributed by atoms with van der Waals surface area (Å²) in [5.74, 6) is -0.536. The first-order valence-electron chi connectivity index (χ1n) is 9.38. The molecule has 0 heterocycles. The molecule has 3 aromatic carbocycles. The zero-order valence-electron chi connectivity index (χ0n) is 17.0. The number of sulfonamides is 1. The number of anilines is 2. The van der Waals surface area contributed by atoms with Gasteiger partial charge in [-0.25, -0.2) is 8.42 Å². The van der Waals surface area contributed by atoms with E-state index in [0.29, 0.717) is 5.69 Å². The van der Waals surface area contributed by atoms with E-state index in [1.165, 1.54) is 36.4 Å². The van der Waals surface area contributed by atoms with Gasteiger partial charge in [0.25, 0.3) is 15.7 Å². The zero-order valence-corrected chi connectivity index (χ0v) is 17.8. The lowest BCUT2D eigenvalue weighted by atomic mass is 10.1. The predicted octanol–water partition coefficient (Wildman–Crippen LogP) is 4.05. The molecule has 3 rings (SSSR count). The van der Waals surface area contributed by atoms with Crippen molar-refractivity contribution >= 4 is 33.0 Å². The summed E-state index contributed by atoms with van der Waals surface area (Å²) in [4.78, 5) is 23.2. The molecule has 8 nitrogen and oxygen atoms in total. The molecule has 0 fully saturated rings. The Morgan fingerprint density at radius 3 is 2.26 bits per heavy atom. The molecule has 0 aliphatic heterocycles. The summed E-state index contributed by atoms with van der Waals surface area (Å²) in [6.07, 6.45) is 0. The predicted molar refractivity (Wildman–Crippen MR) is 119 cm³/mol. The molecule has 3 aromatic rings. The molecule has 160 valence electrons. The van der Waals surface area contributed by atoms with Crippen molar-refractivity contribution in [1.29, 1.82) is 0 Å². The van der Waals surface area contributed by atoms with E-state index in [4.69, 9.17) is 0 Å². The van der Waals surface area contributed by atoms with Crippen LogP contribution >= 0.6 is 0 Å². The molecule has 0 aromatic heterocycles.